The van der Waals surface area contributed by atoms with Crippen molar-refractivity contribution in [3.8, 4) is 78.9 Å². The van der Waals surface area contributed by atoms with Crippen LogP contribution in [0.3, 0.4) is 0 Å². The van der Waals surface area contributed by atoms with Gasteiger partial charge in [-0.2, -0.15) is 10.5 Å². The van der Waals surface area contributed by atoms with E-state index in [1.165, 1.54) is 5.46 Å². The molecule has 3 atom stereocenters. The summed E-state index contributed by atoms with van der Waals surface area (Å²) in [6.07, 6.45) is 1.09. The topological polar surface area (TPSA) is 57.3 Å². The van der Waals surface area contributed by atoms with E-state index >= 15 is 0 Å². The second-order valence-electron chi connectivity index (χ2n) is 23.3. The molecule has 0 bridgehead atoms. The highest BCUT2D eigenvalue weighted by Gasteiger charge is 2.46. The molecule has 0 spiro atoms. The van der Waals surface area contributed by atoms with Gasteiger partial charge in [-0.05, 0) is 142 Å². The predicted octanol–water partition coefficient (Wildman–Crippen LogP) is 18.8. The Kier molecular flexibility index (Phi) is 14.6. The van der Waals surface area contributed by atoms with E-state index in [2.05, 4.69) is 287 Å². The molecule has 13 rings (SSSR count). The molecule has 2 aliphatic rings. The highest BCUT2D eigenvalue weighted by atomic mass is 15.2. The van der Waals surface area contributed by atoms with Gasteiger partial charge in [-0.15, -0.1) is 0 Å². The molecule has 5 nitrogen and oxygen atoms in total. The summed E-state index contributed by atoms with van der Waals surface area (Å²) in [5.74, 6) is 0.871. The van der Waals surface area contributed by atoms with Crippen LogP contribution in [0.15, 0.2) is 255 Å². The van der Waals surface area contributed by atoms with E-state index in [1.54, 1.807) is 0 Å². The van der Waals surface area contributed by atoms with Crippen LogP contribution in [0.2, 0.25) is 0 Å². The lowest BCUT2D eigenvalue weighted by atomic mass is 9.33. The first kappa shape index (κ1) is 54.1. The van der Waals surface area contributed by atoms with Gasteiger partial charge >= 0.3 is 0 Å². The van der Waals surface area contributed by atoms with Crippen LogP contribution in [0, 0.1) is 34.5 Å². The first-order valence-corrected chi connectivity index (χ1v) is 30.0. The molecule has 11 aromatic carbocycles. The fraction of sp³-hybridized carbons (Fsp3) is 0.139. The SMILES string of the molecule is CCC(C)[C@H](C)C(C)N(c1cc2c3c(c1)N(c1c(-c4ccccc4)cccc1-c1ccccc1)c1ccc(-c4cccc(C#N)c4)cc1B3c1cc(-c3cccc(C#N)c3)ccc1N2c1c(-c2ccccc2)cccc1-c1ccccc1)C(C)C. The Morgan fingerprint density at radius 3 is 1.09 bits per heavy atom. The minimum atomic E-state index is -0.299. The molecule has 2 aliphatic heterocycles. The van der Waals surface area contributed by atoms with Crippen molar-refractivity contribution in [1.82, 2.24) is 0 Å². The molecule has 2 unspecified atom stereocenters. The summed E-state index contributed by atoms with van der Waals surface area (Å²) >= 11 is 0. The molecule has 0 saturated carbocycles. The van der Waals surface area contributed by atoms with Crippen molar-refractivity contribution in [1.29, 1.82) is 10.5 Å². The Hall–Kier alpha value is -10.1. The second-order valence-corrected chi connectivity index (χ2v) is 23.3. The molecule has 0 aliphatic carbocycles. The van der Waals surface area contributed by atoms with E-state index in [0.29, 0.717) is 23.0 Å². The maximum atomic E-state index is 10.3. The van der Waals surface area contributed by atoms with E-state index in [1.807, 2.05) is 36.4 Å². The Morgan fingerprint density at radius 1 is 0.388 bits per heavy atom. The lowest BCUT2D eigenvalue weighted by Gasteiger charge is -2.47. The quantitative estimate of drug-likeness (QED) is 0.102. The first-order chi connectivity index (χ1) is 41.6. The third-order valence-electron chi connectivity index (χ3n) is 18.2. The molecular weight excluding hydrogens is 1030 g/mol. The van der Waals surface area contributed by atoms with Gasteiger partial charge in [0.2, 0.25) is 0 Å². The zero-order chi connectivity index (χ0) is 58.3. The average molecular weight is 1100 g/mol. The number of fused-ring (bicyclic) bond motifs is 4. The fourth-order valence-electron chi connectivity index (χ4n) is 13.6. The Morgan fingerprint density at radius 2 is 0.741 bits per heavy atom. The van der Waals surface area contributed by atoms with Crippen molar-refractivity contribution in [2.75, 3.05) is 14.7 Å². The molecule has 0 aromatic heterocycles. The molecular formula is C79H66BN5. The second kappa shape index (κ2) is 22.9. The Balaban J connectivity index is 1.24. The van der Waals surface area contributed by atoms with Gasteiger partial charge in [0, 0.05) is 62.8 Å². The monoisotopic (exact) mass is 1100 g/mol. The summed E-state index contributed by atoms with van der Waals surface area (Å²) in [6.45, 7) is 14.0. The molecule has 2 heterocycles. The molecule has 0 amide bonds. The number of nitrogens with zero attached hydrogens (tertiary/aromatic N) is 5. The van der Waals surface area contributed by atoms with E-state index in [-0.39, 0.29) is 18.8 Å². The van der Waals surface area contributed by atoms with Crippen molar-refractivity contribution >= 4 is 62.9 Å². The number of hydrogen-bond donors (Lipinski definition) is 0. The van der Waals surface area contributed by atoms with Gasteiger partial charge in [0.1, 0.15) is 0 Å². The Labute approximate surface area is 502 Å². The molecule has 0 radical (unpaired) electrons. The fourth-order valence-corrected chi connectivity index (χ4v) is 13.6. The Bertz CT molecular complexity index is 4000. The molecule has 6 heteroatoms. The van der Waals surface area contributed by atoms with Gasteiger partial charge in [-0.3, -0.25) is 0 Å². The van der Waals surface area contributed by atoms with Crippen molar-refractivity contribution in [2.45, 2.75) is 60.0 Å². The van der Waals surface area contributed by atoms with Gasteiger partial charge < -0.3 is 14.7 Å². The van der Waals surface area contributed by atoms with Crippen molar-refractivity contribution in [3.63, 3.8) is 0 Å². The maximum Gasteiger partial charge on any atom is 0.252 e. The third-order valence-corrected chi connectivity index (χ3v) is 18.2. The highest BCUT2D eigenvalue weighted by Crippen LogP contribution is 2.54. The van der Waals surface area contributed by atoms with Crippen molar-refractivity contribution in [2.24, 2.45) is 11.8 Å². The van der Waals surface area contributed by atoms with E-state index in [4.69, 9.17) is 0 Å². The minimum absolute atomic E-state index is 0.141. The summed E-state index contributed by atoms with van der Waals surface area (Å²) in [6, 6.07) is 97.3. The van der Waals surface area contributed by atoms with Gasteiger partial charge in [-0.25, -0.2) is 0 Å². The largest absolute Gasteiger partial charge is 0.366 e. The van der Waals surface area contributed by atoms with Crippen LogP contribution in [0.1, 0.15) is 59.1 Å². The highest BCUT2D eigenvalue weighted by molar-refractivity contribution is 7.00. The van der Waals surface area contributed by atoms with Crippen LogP contribution in [0.4, 0.5) is 39.8 Å². The summed E-state index contributed by atoms with van der Waals surface area (Å²) in [7, 11) is 0. The molecule has 11 aromatic rings. The van der Waals surface area contributed by atoms with Gasteiger partial charge in [0.05, 0.1) is 34.6 Å². The molecule has 0 fully saturated rings. The van der Waals surface area contributed by atoms with E-state index < -0.39 is 0 Å². The summed E-state index contributed by atoms with van der Waals surface area (Å²) < 4.78 is 0. The molecule has 0 saturated heterocycles. The minimum Gasteiger partial charge on any atom is -0.366 e. The van der Waals surface area contributed by atoms with E-state index in [0.717, 1.165) is 124 Å². The van der Waals surface area contributed by atoms with Crippen LogP contribution >= 0.6 is 0 Å². The normalized spacial score (nSPS) is 13.2. The molecule has 410 valence electrons. The lowest BCUT2D eigenvalue weighted by molar-refractivity contribution is 0.309. The lowest BCUT2D eigenvalue weighted by Crippen LogP contribution is -2.61. The van der Waals surface area contributed by atoms with Crippen LogP contribution < -0.4 is 31.1 Å². The zero-order valence-electron chi connectivity index (χ0n) is 49.1. The summed E-state index contributed by atoms with van der Waals surface area (Å²) in [5, 5.41) is 20.6. The first-order valence-electron chi connectivity index (χ1n) is 30.0. The zero-order valence-corrected chi connectivity index (χ0v) is 49.1. The number of rotatable bonds is 14. The van der Waals surface area contributed by atoms with Crippen LogP contribution in [-0.4, -0.2) is 18.8 Å². The summed E-state index contributed by atoms with van der Waals surface area (Å²) in [5.41, 5.74) is 25.3. The predicted molar refractivity (Wildman–Crippen MR) is 358 cm³/mol. The number of benzene rings is 11. The standard InChI is InChI=1S/C79H66BN5/c1-7-53(4)54(5)55(6)83(52(2)3)66-48-75-77-76(49-66)85(79-69(60-30-16-10-17-31-60)38-23-39-70(79)61-32-18-11-19-33-61)74-43-41-65(63-35-21-25-57(45-63)51-82)47-72(74)80(77)71-46-64(62-34-20-24-56(44-62)50-81)40-42-73(71)84(75)78-67(58-26-12-8-13-27-58)36-22-37-68(78)59-28-14-9-15-29-59/h8-49,52-55H,7H2,1-6H3/t53?,54-,55?/m0/s1. The smallest absolute Gasteiger partial charge is 0.252 e. The number of nitriles is 2. The molecule has 85 heavy (non-hydrogen) atoms. The average Bonchev–Trinajstić information content (AvgIpc) is 0.794. The van der Waals surface area contributed by atoms with Crippen LogP contribution in [-0.2, 0) is 0 Å². The van der Waals surface area contributed by atoms with E-state index in [9.17, 15) is 10.5 Å². The third kappa shape index (κ3) is 9.74. The van der Waals surface area contributed by atoms with Crippen LogP contribution in [0.5, 0.6) is 0 Å². The molecule has 0 N–H and O–H groups in total. The van der Waals surface area contributed by atoms with Crippen molar-refractivity contribution < 1.29 is 0 Å². The van der Waals surface area contributed by atoms with Gasteiger partial charge in [0.15, 0.2) is 0 Å². The number of anilines is 7. The van der Waals surface area contributed by atoms with Crippen LogP contribution in [0.25, 0.3) is 66.8 Å². The maximum absolute atomic E-state index is 10.3. The van der Waals surface area contributed by atoms with Crippen molar-refractivity contribution in [3.05, 3.63) is 266 Å². The number of hydrogen-bond acceptors (Lipinski definition) is 5. The van der Waals surface area contributed by atoms with Gasteiger partial charge in [0.25, 0.3) is 6.71 Å². The summed E-state index contributed by atoms with van der Waals surface area (Å²) in [4.78, 5) is 7.92. The van der Waals surface area contributed by atoms with Gasteiger partial charge in [-0.1, -0.05) is 233 Å². The number of para-hydroxylation sites is 2.